The van der Waals surface area contributed by atoms with E-state index in [2.05, 4.69) is 53.4 Å². The second kappa shape index (κ2) is 6.71. The summed E-state index contributed by atoms with van der Waals surface area (Å²) in [6.45, 7) is 2.86. The summed E-state index contributed by atoms with van der Waals surface area (Å²) in [6, 6.07) is 19.0. The molecule has 1 aliphatic heterocycles. The molecule has 2 aromatic carbocycles. The fraction of sp³-hybridized carbons (Fsp3) is 0.294. The summed E-state index contributed by atoms with van der Waals surface area (Å²) in [7, 11) is 0. The average Bonchev–Trinajstić information content (AvgIpc) is 2.53. The molecular weight excluding hydrogens is 266 g/mol. The first-order chi connectivity index (χ1) is 9.93. The molecule has 0 aromatic heterocycles. The molecule has 3 heteroatoms. The van der Waals surface area contributed by atoms with Crippen LogP contribution in [0.1, 0.15) is 5.56 Å². The molecule has 3 rings (SSSR count). The van der Waals surface area contributed by atoms with E-state index in [1.165, 1.54) is 11.3 Å². The van der Waals surface area contributed by atoms with E-state index >= 15 is 0 Å². The molecule has 0 aliphatic carbocycles. The summed E-state index contributed by atoms with van der Waals surface area (Å²) in [5.74, 6) is 3.25. The highest BCUT2D eigenvalue weighted by molar-refractivity contribution is 7.98. The normalized spacial score (nSPS) is 13.7. The monoisotopic (exact) mass is 285 g/mol. The Hall–Kier alpha value is -1.61. The predicted octanol–water partition coefficient (Wildman–Crippen LogP) is 3.82. The van der Waals surface area contributed by atoms with Crippen LogP contribution < -0.4 is 9.64 Å². The Bertz CT molecular complexity index is 544. The topological polar surface area (TPSA) is 12.5 Å². The number of hydrogen-bond donors (Lipinski definition) is 0. The molecule has 0 radical (unpaired) electrons. The lowest BCUT2D eigenvalue weighted by molar-refractivity contribution is 0.308. The molecule has 2 aromatic rings. The maximum absolute atomic E-state index is 5.68. The Kier molecular flexibility index (Phi) is 4.49. The van der Waals surface area contributed by atoms with Crippen molar-refractivity contribution in [1.29, 1.82) is 0 Å². The van der Waals surface area contributed by atoms with Gasteiger partial charge in [0.2, 0.25) is 0 Å². The van der Waals surface area contributed by atoms with Crippen molar-refractivity contribution >= 4 is 17.4 Å². The zero-order valence-electron chi connectivity index (χ0n) is 11.5. The molecule has 104 valence electrons. The minimum absolute atomic E-state index is 0.792. The van der Waals surface area contributed by atoms with Gasteiger partial charge in [0.15, 0.2) is 0 Å². The highest BCUT2D eigenvalue weighted by atomic mass is 32.2. The predicted molar refractivity (Wildman–Crippen MR) is 86.8 cm³/mol. The molecule has 1 heterocycles. The van der Waals surface area contributed by atoms with Crippen molar-refractivity contribution in [3.8, 4) is 5.75 Å². The summed E-state index contributed by atoms with van der Waals surface area (Å²) in [5, 5.41) is 0. The number of fused-ring (bicyclic) bond motifs is 1. The van der Waals surface area contributed by atoms with E-state index in [0.717, 1.165) is 37.0 Å². The van der Waals surface area contributed by atoms with Crippen molar-refractivity contribution < 1.29 is 4.74 Å². The van der Waals surface area contributed by atoms with Crippen molar-refractivity contribution in [1.82, 2.24) is 0 Å². The van der Waals surface area contributed by atoms with Gasteiger partial charge < -0.3 is 9.64 Å². The van der Waals surface area contributed by atoms with Gasteiger partial charge in [0.25, 0.3) is 0 Å². The van der Waals surface area contributed by atoms with Crippen molar-refractivity contribution in [3.63, 3.8) is 0 Å². The third-order valence-corrected chi connectivity index (χ3v) is 4.45. The van der Waals surface area contributed by atoms with Gasteiger partial charge in [0.05, 0.1) is 12.2 Å². The molecule has 0 spiro atoms. The first-order valence-electron chi connectivity index (χ1n) is 7.02. The van der Waals surface area contributed by atoms with Crippen molar-refractivity contribution in [2.75, 3.05) is 30.3 Å². The SMILES string of the molecule is c1ccc(CSCCN2CCOc3ccccc32)cc1. The van der Waals surface area contributed by atoms with Crippen LogP contribution >= 0.6 is 11.8 Å². The maximum atomic E-state index is 5.68. The van der Waals surface area contributed by atoms with Gasteiger partial charge in [0.1, 0.15) is 12.4 Å². The quantitative estimate of drug-likeness (QED) is 0.775. The van der Waals surface area contributed by atoms with Gasteiger partial charge in [-0.1, -0.05) is 42.5 Å². The summed E-state index contributed by atoms with van der Waals surface area (Å²) >= 11 is 1.99. The number of hydrogen-bond acceptors (Lipinski definition) is 3. The van der Waals surface area contributed by atoms with Crippen LogP contribution in [0, 0.1) is 0 Å². The van der Waals surface area contributed by atoms with E-state index in [4.69, 9.17) is 4.74 Å². The van der Waals surface area contributed by atoms with Crippen LogP contribution in [-0.4, -0.2) is 25.4 Å². The van der Waals surface area contributed by atoms with Crippen molar-refractivity contribution in [2.45, 2.75) is 5.75 Å². The van der Waals surface area contributed by atoms with Crippen LogP contribution in [0.3, 0.4) is 0 Å². The molecule has 1 aliphatic rings. The van der Waals surface area contributed by atoms with Crippen molar-refractivity contribution in [2.24, 2.45) is 0 Å². The second-order valence-electron chi connectivity index (χ2n) is 4.84. The molecule has 0 unspecified atom stereocenters. The Labute approximate surface area is 124 Å². The first-order valence-corrected chi connectivity index (χ1v) is 8.17. The largest absolute Gasteiger partial charge is 0.490 e. The van der Waals surface area contributed by atoms with E-state index in [1.807, 2.05) is 17.8 Å². The molecule has 0 N–H and O–H groups in total. The van der Waals surface area contributed by atoms with Crippen LogP contribution in [0.5, 0.6) is 5.75 Å². The second-order valence-corrected chi connectivity index (χ2v) is 5.95. The average molecular weight is 285 g/mol. The van der Waals surface area contributed by atoms with Crippen molar-refractivity contribution in [3.05, 3.63) is 60.2 Å². The number of para-hydroxylation sites is 2. The van der Waals surface area contributed by atoms with Crippen LogP contribution in [0.25, 0.3) is 0 Å². The van der Waals surface area contributed by atoms with E-state index < -0.39 is 0 Å². The van der Waals surface area contributed by atoms with Gasteiger partial charge >= 0.3 is 0 Å². The van der Waals surface area contributed by atoms with E-state index in [1.54, 1.807) is 0 Å². The lowest BCUT2D eigenvalue weighted by Gasteiger charge is -2.31. The molecular formula is C17H19NOS. The smallest absolute Gasteiger partial charge is 0.142 e. The Morgan fingerprint density at radius 1 is 1.00 bits per heavy atom. The zero-order valence-corrected chi connectivity index (χ0v) is 12.3. The molecule has 0 saturated carbocycles. The number of thioether (sulfide) groups is 1. The summed E-state index contributed by atoms with van der Waals surface area (Å²) < 4.78 is 5.68. The van der Waals surface area contributed by atoms with Gasteiger partial charge in [0, 0.05) is 18.1 Å². The molecule has 0 amide bonds. The Balaban J connectivity index is 1.50. The maximum Gasteiger partial charge on any atom is 0.142 e. The van der Waals surface area contributed by atoms with Gasteiger partial charge in [-0.05, 0) is 17.7 Å². The van der Waals surface area contributed by atoms with Gasteiger partial charge in [-0.15, -0.1) is 0 Å². The lowest BCUT2D eigenvalue weighted by atomic mass is 10.2. The van der Waals surface area contributed by atoms with Crippen LogP contribution in [0.4, 0.5) is 5.69 Å². The molecule has 0 saturated heterocycles. The van der Waals surface area contributed by atoms with E-state index in [-0.39, 0.29) is 0 Å². The minimum atomic E-state index is 0.792. The molecule has 20 heavy (non-hydrogen) atoms. The van der Waals surface area contributed by atoms with Gasteiger partial charge in [-0.25, -0.2) is 0 Å². The number of ether oxygens (including phenoxy) is 1. The Morgan fingerprint density at radius 3 is 2.70 bits per heavy atom. The number of benzene rings is 2. The fourth-order valence-corrected chi connectivity index (χ4v) is 3.32. The van der Waals surface area contributed by atoms with E-state index in [0.29, 0.717) is 0 Å². The van der Waals surface area contributed by atoms with Crippen LogP contribution in [0.15, 0.2) is 54.6 Å². The number of anilines is 1. The minimum Gasteiger partial charge on any atom is -0.490 e. The standard InChI is InChI=1S/C17H19NOS/c1-2-6-15(7-3-1)14-20-13-11-18-10-12-19-17-9-5-4-8-16(17)18/h1-9H,10-14H2. The molecule has 0 bridgehead atoms. The number of nitrogens with zero attached hydrogens (tertiary/aromatic N) is 1. The summed E-state index contributed by atoms with van der Waals surface area (Å²) in [5.41, 5.74) is 2.64. The summed E-state index contributed by atoms with van der Waals surface area (Å²) in [4.78, 5) is 2.43. The summed E-state index contributed by atoms with van der Waals surface area (Å²) in [6.07, 6.45) is 0. The highest BCUT2D eigenvalue weighted by Crippen LogP contribution is 2.30. The molecule has 0 atom stereocenters. The Morgan fingerprint density at radius 2 is 1.80 bits per heavy atom. The molecule has 2 nitrogen and oxygen atoms in total. The highest BCUT2D eigenvalue weighted by Gasteiger charge is 2.16. The zero-order chi connectivity index (χ0) is 13.6. The number of rotatable bonds is 5. The van der Waals surface area contributed by atoms with Crippen LogP contribution in [-0.2, 0) is 5.75 Å². The van der Waals surface area contributed by atoms with Gasteiger partial charge in [-0.2, -0.15) is 11.8 Å². The third kappa shape index (κ3) is 3.28. The fourth-order valence-electron chi connectivity index (χ4n) is 2.40. The molecule has 0 fully saturated rings. The third-order valence-electron chi connectivity index (χ3n) is 3.44. The van der Waals surface area contributed by atoms with Crippen LogP contribution in [0.2, 0.25) is 0 Å². The first kappa shape index (κ1) is 13.4. The van der Waals surface area contributed by atoms with E-state index in [9.17, 15) is 0 Å². The van der Waals surface area contributed by atoms with Gasteiger partial charge in [-0.3, -0.25) is 0 Å². The lowest BCUT2D eigenvalue weighted by Crippen LogP contribution is -2.34.